The third kappa shape index (κ3) is 5.36. The highest BCUT2D eigenvalue weighted by Gasteiger charge is 2.28. The molecule has 120 valence electrons. The molecule has 0 bridgehead atoms. The molecule has 0 heterocycles. The second kappa shape index (κ2) is 8.06. The standard InChI is InChI=1S/C20H29NS/c1-19(17-21)12-6-8-14-20(2,15-9-7-13-19)22-16-18-10-4-3-5-11-18/h3-5,10-11H,6-9,12-16H2,1-2H3. The normalized spacial score (nSPS) is 30.4. The summed E-state index contributed by atoms with van der Waals surface area (Å²) >= 11 is 2.13. The van der Waals surface area contributed by atoms with Gasteiger partial charge in [-0.1, -0.05) is 62.9 Å². The van der Waals surface area contributed by atoms with E-state index < -0.39 is 0 Å². The fourth-order valence-corrected chi connectivity index (χ4v) is 4.65. The zero-order valence-corrected chi connectivity index (χ0v) is 14.9. The first kappa shape index (κ1) is 17.4. The Hall–Kier alpha value is -0.940. The zero-order valence-electron chi connectivity index (χ0n) is 14.1. The Morgan fingerprint density at radius 1 is 0.955 bits per heavy atom. The first-order chi connectivity index (χ1) is 10.6. The van der Waals surface area contributed by atoms with Gasteiger partial charge in [0.05, 0.1) is 11.5 Å². The van der Waals surface area contributed by atoms with Crippen LogP contribution in [0.3, 0.4) is 0 Å². The molecule has 1 nitrogen and oxygen atoms in total. The molecule has 22 heavy (non-hydrogen) atoms. The lowest BCUT2D eigenvalue weighted by Gasteiger charge is -2.32. The van der Waals surface area contributed by atoms with Crippen molar-refractivity contribution in [1.82, 2.24) is 0 Å². The minimum absolute atomic E-state index is 0.0784. The smallest absolute Gasteiger partial charge is 0.0686 e. The van der Waals surface area contributed by atoms with Crippen LogP contribution in [-0.2, 0) is 5.75 Å². The molecule has 2 heteroatoms. The molecule has 2 rings (SSSR count). The molecule has 1 saturated carbocycles. The second-order valence-electron chi connectivity index (χ2n) is 7.31. The SMILES string of the molecule is CC1(C#N)CCCCC(C)(SCc2ccccc2)CCCC1. The number of nitrogens with zero attached hydrogens (tertiary/aromatic N) is 1. The fourth-order valence-electron chi connectivity index (χ4n) is 3.37. The molecule has 1 aliphatic rings. The summed E-state index contributed by atoms with van der Waals surface area (Å²) in [5.41, 5.74) is 1.35. The molecule has 1 aromatic carbocycles. The summed E-state index contributed by atoms with van der Waals surface area (Å²) in [5.74, 6) is 1.12. The molecule has 0 unspecified atom stereocenters. The molecule has 0 atom stereocenters. The van der Waals surface area contributed by atoms with Gasteiger partial charge in [0.15, 0.2) is 0 Å². The summed E-state index contributed by atoms with van der Waals surface area (Å²) in [6.07, 6.45) is 9.63. The molecule has 0 spiro atoms. The molecule has 1 aliphatic carbocycles. The van der Waals surface area contributed by atoms with Crippen LogP contribution in [0.2, 0.25) is 0 Å². The molecule has 1 aromatic rings. The van der Waals surface area contributed by atoms with Crippen LogP contribution >= 0.6 is 11.8 Å². The fraction of sp³-hybridized carbons (Fsp3) is 0.650. The zero-order chi connectivity index (χ0) is 15.9. The highest BCUT2D eigenvalue weighted by atomic mass is 32.2. The predicted molar refractivity (Wildman–Crippen MR) is 96.8 cm³/mol. The number of hydrogen-bond donors (Lipinski definition) is 0. The van der Waals surface area contributed by atoms with Gasteiger partial charge in [0.1, 0.15) is 0 Å². The van der Waals surface area contributed by atoms with Crippen LogP contribution in [-0.4, -0.2) is 4.75 Å². The summed E-state index contributed by atoms with van der Waals surface area (Å²) in [5, 5.41) is 9.39. The molecule has 0 amide bonds. The molecule has 0 aliphatic heterocycles. The van der Waals surface area contributed by atoms with Gasteiger partial charge in [-0.25, -0.2) is 0 Å². The maximum Gasteiger partial charge on any atom is 0.0686 e. The van der Waals surface area contributed by atoms with E-state index in [1.807, 2.05) is 0 Å². The summed E-state index contributed by atoms with van der Waals surface area (Å²) in [4.78, 5) is 0. The lowest BCUT2D eigenvalue weighted by atomic mass is 9.79. The summed E-state index contributed by atoms with van der Waals surface area (Å²) < 4.78 is 0.399. The Morgan fingerprint density at radius 3 is 2.05 bits per heavy atom. The van der Waals surface area contributed by atoms with Crippen LogP contribution in [0.15, 0.2) is 30.3 Å². The van der Waals surface area contributed by atoms with Crippen LogP contribution in [0.4, 0.5) is 0 Å². The van der Waals surface area contributed by atoms with Crippen molar-refractivity contribution in [3.63, 3.8) is 0 Å². The average Bonchev–Trinajstić information content (AvgIpc) is 2.55. The van der Waals surface area contributed by atoms with Crippen LogP contribution in [0, 0.1) is 16.7 Å². The van der Waals surface area contributed by atoms with Crippen molar-refractivity contribution < 1.29 is 0 Å². The van der Waals surface area contributed by atoms with E-state index in [2.05, 4.69) is 62.0 Å². The van der Waals surface area contributed by atoms with Gasteiger partial charge in [0, 0.05) is 10.5 Å². The molecule has 0 N–H and O–H groups in total. The van der Waals surface area contributed by atoms with Gasteiger partial charge in [-0.05, 0) is 38.2 Å². The van der Waals surface area contributed by atoms with E-state index in [0.29, 0.717) is 4.75 Å². The monoisotopic (exact) mass is 315 g/mol. The van der Waals surface area contributed by atoms with E-state index in [9.17, 15) is 5.26 Å². The molecule has 0 saturated heterocycles. The topological polar surface area (TPSA) is 23.8 Å². The Kier molecular flexibility index (Phi) is 6.38. The maximum atomic E-state index is 9.39. The van der Waals surface area contributed by atoms with Crippen molar-refractivity contribution in [3.05, 3.63) is 35.9 Å². The number of rotatable bonds is 3. The van der Waals surface area contributed by atoms with Crippen molar-refractivity contribution in [1.29, 1.82) is 5.26 Å². The van der Waals surface area contributed by atoms with Crippen LogP contribution in [0.5, 0.6) is 0 Å². The third-order valence-electron chi connectivity index (χ3n) is 5.07. The molecule has 0 radical (unpaired) electrons. The van der Waals surface area contributed by atoms with Gasteiger partial charge >= 0.3 is 0 Å². The van der Waals surface area contributed by atoms with Crippen molar-refractivity contribution in [2.75, 3.05) is 0 Å². The predicted octanol–water partition coefficient (Wildman–Crippen LogP) is 6.34. The van der Waals surface area contributed by atoms with Gasteiger partial charge in [0.2, 0.25) is 0 Å². The number of benzene rings is 1. The third-order valence-corrected chi connectivity index (χ3v) is 6.65. The van der Waals surface area contributed by atoms with Crippen molar-refractivity contribution in [2.45, 2.75) is 75.7 Å². The largest absolute Gasteiger partial charge is 0.198 e. The van der Waals surface area contributed by atoms with E-state index >= 15 is 0 Å². The Morgan fingerprint density at radius 2 is 1.50 bits per heavy atom. The number of nitriles is 1. The van der Waals surface area contributed by atoms with Crippen molar-refractivity contribution >= 4 is 11.8 Å². The summed E-state index contributed by atoms with van der Waals surface area (Å²) in [7, 11) is 0. The average molecular weight is 316 g/mol. The number of hydrogen-bond acceptors (Lipinski definition) is 2. The van der Waals surface area contributed by atoms with Gasteiger partial charge in [-0.15, -0.1) is 0 Å². The van der Waals surface area contributed by atoms with Gasteiger partial charge < -0.3 is 0 Å². The quantitative estimate of drug-likeness (QED) is 0.649. The van der Waals surface area contributed by atoms with Crippen molar-refractivity contribution in [3.8, 4) is 6.07 Å². The van der Waals surface area contributed by atoms with E-state index in [0.717, 1.165) is 18.6 Å². The second-order valence-corrected chi connectivity index (χ2v) is 8.87. The summed E-state index contributed by atoms with van der Waals surface area (Å²) in [6.45, 7) is 4.60. The van der Waals surface area contributed by atoms with Crippen LogP contribution in [0.25, 0.3) is 0 Å². The van der Waals surface area contributed by atoms with E-state index in [1.54, 1.807) is 0 Å². The van der Waals surface area contributed by atoms with Gasteiger partial charge in [-0.3, -0.25) is 0 Å². The van der Waals surface area contributed by atoms with Gasteiger partial charge in [-0.2, -0.15) is 17.0 Å². The Balaban J connectivity index is 1.89. The molecular weight excluding hydrogens is 286 g/mol. The van der Waals surface area contributed by atoms with E-state index in [4.69, 9.17) is 0 Å². The van der Waals surface area contributed by atoms with Gasteiger partial charge in [0.25, 0.3) is 0 Å². The Bertz CT molecular complexity index is 476. The van der Waals surface area contributed by atoms with Crippen molar-refractivity contribution in [2.24, 2.45) is 5.41 Å². The maximum absolute atomic E-state index is 9.39. The first-order valence-corrected chi connectivity index (χ1v) is 9.63. The first-order valence-electron chi connectivity index (χ1n) is 8.64. The van der Waals surface area contributed by atoms with Crippen LogP contribution < -0.4 is 0 Å². The van der Waals surface area contributed by atoms with Crippen LogP contribution in [0.1, 0.15) is 70.8 Å². The lowest BCUT2D eigenvalue weighted by molar-refractivity contribution is 0.317. The summed E-state index contributed by atoms with van der Waals surface area (Å²) in [6, 6.07) is 13.4. The molecule has 1 fully saturated rings. The highest BCUT2D eigenvalue weighted by Crippen LogP contribution is 2.41. The highest BCUT2D eigenvalue weighted by molar-refractivity contribution is 7.99. The minimum atomic E-state index is -0.0784. The van der Waals surface area contributed by atoms with E-state index in [1.165, 1.54) is 44.1 Å². The number of thioether (sulfide) groups is 1. The van der Waals surface area contributed by atoms with E-state index in [-0.39, 0.29) is 5.41 Å². The lowest BCUT2D eigenvalue weighted by Crippen LogP contribution is -2.23. The minimum Gasteiger partial charge on any atom is -0.198 e. The molecule has 0 aromatic heterocycles. The Labute approximate surface area is 140 Å². The molecular formula is C20H29NS.